The summed E-state index contributed by atoms with van der Waals surface area (Å²) in [7, 11) is 1.56. The maximum absolute atomic E-state index is 12.6. The minimum atomic E-state index is -0.780. The van der Waals surface area contributed by atoms with Crippen LogP contribution in [0, 0.1) is 5.92 Å². The van der Waals surface area contributed by atoms with Crippen molar-refractivity contribution in [2.24, 2.45) is 11.0 Å². The summed E-state index contributed by atoms with van der Waals surface area (Å²) in [6.45, 7) is 7.53. The molecule has 8 heteroatoms. The number of hydrazone groups is 1. The van der Waals surface area contributed by atoms with E-state index in [9.17, 15) is 9.59 Å². The Hall–Kier alpha value is -3.06. The topological polar surface area (TPSA) is 89.0 Å². The third kappa shape index (κ3) is 7.00. The van der Waals surface area contributed by atoms with Gasteiger partial charge in [0, 0.05) is 0 Å². The molecule has 2 rings (SSSR count). The van der Waals surface area contributed by atoms with Gasteiger partial charge >= 0.3 is 0 Å². The number of amides is 2. The Kier molecular flexibility index (Phi) is 8.88. The van der Waals surface area contributed by atoms with Crippen LogP contribution in [0.3, 0.4) is 0 Å². The lowest BCUT2D eigenvalue weighted by Crippen LogP contribution is -2.48. The molecule has 1 unspecified atom stereocenters. The van der Waals surface area contributed by atoms with E-state index in [-0.39, 0.29) is 12.0 Å². The Morgan fingerprint density at radius 2 is 1.77 bits per heavy atom. The van der Waals surface area contributed by atoms with Crippen LogP contribution in [0.4, 0.5) is 0 Å². The number of carbonyl (C=O) groups excluding carboxylic acids is 2. The number of methoxy groups -OCH3 is 1. The maximum Gasteiger partial charge on any atom is 0.262 e. The molecule has 0 aromatic heterocycles. The van der Waals surface area contributed by atoms with E-state index in [1.54, 1.807) is 49.6 Å². The molecule has 0 aliphatic rings. The molecule has 2 N–H and O–H groups in total. The Labute approximate surface area is 187 Å². The minimum absolute atomic E-state index is 0.0154. The molecule has 7 nitrogen and oxygen atoms in total. The first kappa shape index (κ1) is 24.2. The lowest BCUT2D eigenvalue weighted by Gasteiger charge is -2.20. The van der Waals surface area contributed by atoms with Crippen LogP contribution in [0.1, 0.15) is 43.6 Å². The first-order chi connectivity index (χ1) is 14.7. The van der Waals surface area contributed by atoms with Crippen LogP contribution < -0.4 is 20.2 Å². The lowest BCUT2D eigenvalue weighted by atomic mass is 10.0. The van der Waals surface area contributed by atoms with Crippen LogP contribution in [-0.2, 0) is 4.79 Å². The fourth-order valence-electron chi connectivity index (χ4n) is 2.76. The van der Waals surface area contributed by atoms with Gasteiger partial charge < -0.3 is 14.8 Å². The van der Waals surface area contributed by atoms with E-state index in [1.165, 1.54) is 6.21 Å². The number of nitrogens with zero attached hydrogens (tertiary/aromatic N) is 1. The van der Waals surface area contributed by atoms with Crippen molar-refractivity contribution in [2.75, 3.05) is 7.11 Å². The van der Waals surface area contributed by atoms with Gasteiger partial charge in [0.2, 0.25) is 0 Å². The minimum Gasteiger partial charge on any atom is -0.493 e. The second-order valence-electron chi connectivity index (χ2n) is 7.49. The molecule has 2 amide bonds. The Balaban J connectivity index is 2.05. The predicted octanol–water partition coefficient (Wildman–Crippen LogP) is 4.04. The average Bonchev–Trinajstić information content (AvgIpc) is 2.72. The third-order valence-electron chi connectivity index (χ3n) is 4.29. The van der Waals surface area contributed by atoms with Crippen LogP contribution >= 0.6 is 11.6 Å². The van der Waals surface area contributed by atoms with Gasteiger partial charge in [0.05, 0.1) is 30.0 Å². The maximum atomic E-state index is 12.6. The largest absolute Gasteiger partial charge is 0.493 e. The summed E-state index contributed by atoms with van der Waals surface area (Å²) < 4.78 is 11.0. The Morgan fingerprint density at radius 3 is 2.39 bits per heavy atom. The van der Waals surface area contributed by atoms with E-state index in [0.29, 0.717) is 22.1 Å². The van der Waals surface area contributed by atoms with Gasteiger partial charge in [0.1, 0.15) is 6.04 Å². The number of nitrogens with one attached hydrogen (secondary N) is 2. The number of ether oxygens (including phenoxy) is 2. The summed E-state index contributed by atoms with van der Waals surface area (Å²) in [4.78, 5) is 25.1. The molecule has 31 heavy (non-hydrogen) atoms. The molecule has 0 saturated carbocycles. The van der Waals surface area contributed by atoms with Crippen LogP contribution in [0.25, 0.3) is 0 Å². The third-order valence-corrected chi connectivity index (χ3v) is 4.62. The van der Waals surface area contributed by atoms with Crippen molar-refractivity contribution < 1.29 is 19.1 Å². The summed E-state index contributed by atoms with van der Waals surface area (Å²) in [6, 6.07) is 11.2. The molecule has 0 fully saturated rings. The lowest BCUT2D eigenvalue weighted by molar-refractivity contribution is -0.123. The highest BCUT2D eigenvalue weighted by Gasteiger charge is 2.25. The van der Waals surface area contributed by atoms with Gasteiger partial charge in [-0.05, 0) is 55.7 Å². The van der Waals surface area contributed by atoms with E-state index in [0.717, 1.165) is 5.56 Å². The van der Waals surface area contributed by atoms with E-state index < -0.39 is 17.9 Å². The van der Waals surface area contributed by atoms with Crippen molar-refractivity contribution in [1.82, 2.24) is 10.7 Å². The summed E-state index contributed by atoms with van der Waals surface area (Å²) >= 11 is 6.07. The smallest absolute Gasteiger partial charge is 0.262 e. The number of halogens is 1. The normalized spacial score (nSPS) is 12.1. The van der Waals surface area contributed by atoms with E-state index in [4.69, 9.17) is 21.1 Å². The monoisotopic (exact) mass is 445 g/mol. The molecular formula is C23H28ClN3O4. The van der Waals surface area contributed by atoms with Gasteiger partial charge in [-0.3, -0.25) is 9.59 Å². The van der Waals surface area contributed by atoms with Gasteiger partial charge in [0.15, 0.2) is 11.5 Å². The zero-order valence-corrected chi connectivity index (χ0v) is 19.1. The summed E-state index contributed by atoms with van der Waals surface area (Å²) in [6.07, 6.45) is 1.51. The standard InChI is InChI=1S/C23H28ClN3O4/c1-14(2)21(26-22(28)17-8-6-7-9-18(17)24)23(29)27-25-13-16-10-11-19(31-15(3)4)20(12-16)30-5/h6-15,21H,1-5H3,(H,26,28)(H,27,29)/b25-13+. The molecule has 0 aliphatic carbocycles. The van der Waals surface area contributed by atoms with Crippen LogP contribution in [0.5, 0.6) is 11.5 Å². The molecular weight excluding hydrogens is 418 g/mol. The molecule has 2 aromatic rings. The molecule has 1 atom stereocenters. The van der Waals surface area contributed by atoms with Gasteiger partial charge in [-0.1, -0.05) is 37.6 Å². The van der Waals surface area contributed by atoms with Gasteiger partial charge in [-0.2, -0.15) is 5.10 Å². The molecule has 0 heterocycles. The summed E-state index contributed by atoms with van der Waals surface area (Å²) in [5.74, 6) is 0.179. The SMILES string of the molecule is COc1cc(/C=N/NC(=O)C(NC(=O)c2ccccc2Cl)C(C)C)ccc1OC(C)C. The van der Waals surface area contributed by atoms with Crippen LogP contribution in [-0.4, -0.2) is 37.3 Å². The number of hydrogen-bond acceptors (Lipinski definition) is 5. The molecule has 0 radical (unpaired) electrons. The van der Waals surface area contributed by atoms with Crippen LogP contribution in [0.2, 0.25) is 5.02 Å². The highest BCUT2D eigenvalue weighted by atomic mass is 35.5. The van der Waals surface area contributed by atoms with Gasteiger partial charge in [-0.25, -0.2) is 5.43 Å². The van der Waals surface area contributed by atoms with Crippen molar-refractivity contribution in [3.8, 4) is 11.5 Å². The van der Waals surface area contributed by atoms with Crippen molar-refractivity contribution in [1.29, 1.82) is 0 Å². The van der Waals surface area contributed by atoms with Gasteiger partial charge in [0.25, 0.3) is 11.8 Å². The average molecular weight is 446 g/mol. The van der Waals surface area contributed by atoms with E-state index in [1.807, 2.05) is 27.7 Å². The molecule has 0 aliphatic heterocycles. The zero-order chi connectivity index (χ0) is 23.0. The number of rotatable bonds is 9. The van der Waals surface area contributed by atoms with Gasteiger partial charge in [-0.15, -0.1) is 0 Å². The second kappa shape index (κ2) is 11.4. The Morgan fingerprint density at radius 1 is 1.06 bits per heavy atom. The quantitative estimate of drug-likeness (QED) is 0.450. The molecule has 0 saturated heterocycles. The molecule has 166 valence electrons. The second-order valence-corrected chi connectivity index (χ2v) is 7.89. The number of carbonyl (C=O) groups is 2. The van der Waals surface area contributed by atoms with E-state index >= 15 is 0 Å². The Bertz CT molecular complexity index is 944. The number of benzene rings is 2. The fourth-order valence-corrected chi connectivity index (χ4v) is 2.98. The van der Waals surface area contributed by atoms with Crippen LogP contribution in [0.15, 0.2) is 47.6 Å². The highest BCUT2D eigenvalue weighted by Crippen LogP contribution is 2.28. The highest BCUT2D eigenvalue weighted by molar-refractivity contribution is 6.33. The first-order valence-electron chi connectivity index (χ1n) is 9.96. The first-order valence-corrected chi connectivity index (χ1v) is 10.3. The fraction of sp³-hybridized carbons (Fsp3) is 0.348. The van der Waals surface area contributed by atoms with Crippen molar-refractivity contribution in [3.63, 3.8) is 0 Å². The molecule has 0 spiro atoms. The zero-order valence-electron chi connectivity index (χ0n) is 18.3. The predicted molar refractivity (Wildman–Crippen MR) is 122 cm³/mol. The van der Waals surface area contributed by atoms with Crippen molar-refractivity contribution in [2.45, 2.75) is 39.8 Å². The summed E-state index contributed by atoms with van der Waals surface area (Å²) in [5.41, 5.74) is 3.50. The molecule has 2 aromatic carbocycles. The summed E-state index contributed by atoms with van der Waals surface area (Å²) in [5, 5.41) is 7.05. The van der Waals surface area contributed by atoms with Crippen molar-refractivity contribution >= 4 is 29.6 Å². The molecule has 0 bridgehead atoms. The van der Waals surface area contributed by atoms with Crippen molar-refractivity contribution in [3.05, 3.63) is 58.6 Å². The van der Waals surface area contributed by atoms with E-state index in [2.05, 4.69) is 15.8 Å². The number of hydrogen-bond donors (Lipinski definition) is 2.